The molecular formula is C12H13NOS. The van der Waals surface area contributed by atoms with Crippen LogP contribution in [0, 0.1) is 0 Å². The fraction of sp³-hybridized carbons (Fsp3) is 0.250. The Bertz CT molecular complexity index is 415. The summed E-state index contributed by atoms with van der Waals surface area (Å²) in [7, 11) is 0. The zero-order valence-corrected chi connectivity index (χ0v) is 9.43. The molecule has 0 spiro atoms. The molecule has 1 N–H and O–H groups in total. The van der Waals surface area contributed by atoms with E-state index in [1.165, 1.54) is 10.5 Å². The highest BCUT2D eigenvalue weighted by molar-refractivity contribution is 7.11. The van der Waals surface area contributed by atoms with Crippen molar-refractivity contribution in [3.05, 3.63) is 40.2 Å². The van der Waals surface area contributed by atoms with E-state index in [9.17, 15) is 4.79 Å². The van der Waals surface area contributed by atoms with Crippen molar-refractivity contribution in [1.82, 2.24) is 5.32 Å². The van der Waals surface area contributed by atoms with E-state index >= 15 is 0 Å². The fourth-order valence-electron chi connectivity index (χ4n) is 1.52. The smallest absolute Gasteiger partial charge is 0.227 e. The van der Waals surface area contributed by atoms with E-state index in [1.54, 1.807) is 11.3 Å². The molecule has 0 aromatic carbocycles. The average molecular weight is 219 g/mol. The van der Waals surface area contributed by atoms with Crippen molar-refractivity contribution in [2.24, 2.45) is 0 Å². The van der Waals surface area contributed by atoms with Gasteiger partial charge in [-0.2, -0.15) is 0 Å². The molecule has 0 atom stereocenters. The second-order valence-corrected chi connectivity index (χ2v) is 4.59. The Labute approximate surface area is 93.3 Å². The van der Waals surface area contributed by atoms with Crippen LogP contribution in [-0.2, 0) is 4.79 Å². The molecule has 0 saturated heterocycles. The van der Waals surface area contributed by atoms with Crippen LogP contribution in [0.3, 0.4) is 0 Å². The Balaban J connectivity index is 2.25. The largest absolute Gasteiger partial charge is 0.332 e. The molecule has 1 amide bonds. The van der Waals surface area contributed by atoms with E-state index in [-0.39, 0.29) is 5.91 Å². The van der Waals surface area contributed by atoms with Crippen molar-refractivity contribution < 1.29 is 4.79 Å². The van der Waals surface area contributed by atoms with E-state index in [0.29, 0.717) is 6.42 Å². The highest BCUT2D eigenvalue weighted by atomic mass is 32.1. The molecule has 3 heteroatoms. The van der Waals surface area contributed by atoms with E-state index in [1.807, 2.05) is 24.6 Å². The van der Waals surface area contributed by atoms with Gasteiger partial charge < -0.3 is 5.32 Å². The molecule has 2 rings (SSSR count). The lowest BCUT2D eigenvalue weighted by Gasteiger charge is -2.09. The van der Waals surface area contributed by atoms with Crippen molar-refractivity contribution in [2.75, 3.05) is 0 Å². The van der Waals surface area contributed by atoms with Crippen LogP contribution >= 0.6 is 11.3 Å². The first kappa shape index (κ1) is 10.2. The topological polar surface area (TPSA) is 29.1 Å². The van der Waals surface area contributed by atoms with Crippen LogP contribution < -0.4 is 5.32 Å². The number of hydrogen-bond donors (Lipinski definition) is 1. The summed E-state index contributed by atoms with van der Waals surface area (Å²) < 4.78 is 0. The third kappa shape index (κ3) is 2.57. The SMILES string of the molecule is C/C1=C/C/C(c2cccs2)=C\NC(=O)C1. The van der Waals surface area contributed by atoms with Gasteiger partial charge in [0.15, 0.2) is 0 Å². The summed E-state index contributed by atoms with van der Waals surface area (Å²) in [4.78, 5) is 12.6. The van der Waals surface area contributed by atoms with Gasteiger partial charge in [-0.1, -0.05) is 17.7 Å². The first-order chi connectivity index (χ1) is 7.25. The lowest BCUT2D eigenvalue weighted by Crippen LogP contribution is -2.18. The predicted molar refractivity (Wildman–Crippen MR) is 63.4 cm³/mol. The number of rotatable bonds is 1. The molecule has 0 unspecified atom stereocenters. The lowest BCUT2D eigenvalue weighted by atomic mass is 10.1. The molecule has 0 saturated carbocycles. The van der Waals surface area contributed by atoms with Crippen LogP contribution in [0.15, 0.2) is 35.4 Å². The maximum Gasteiger partial charge on any atom is 0.227 e. The number of hydrogen-bond acceptors (Lipinski definition) is 2. The summed E-state index contributed by atoms with van der Waals surface area (Å²) in [5, 5.41) is 4.87. The van der Waals surface area contributed by atoms with Gasteiger partial charge >= 0.3 is 0 Å². The third-order valence-corrected chi connectivity index (χ3v) is 3.30. The van der Waals surface area contributed by atoms with Gasteiger partial charge in [0.05, 0.1) is 0 Å². The number of thiophene rings is 1. The van der Waals surface area contributed by atoms with Crippen LogP contribution in [0.5, 0.6) is 0 Å². The van der Waals surface area contributed by atoms with Crippen molar-refractivity contribution in [3.63, 3.8) is 0 Å². The summed E-state index contributed by atoms with van der Waals surface area (Å²) in [6.45, 7) is 2.00. The van der Waals surface area contributed by atoms with Crippen molar-refractivity contribution in [2.45, 2.75) is 19.8 Å². The molecule has 0 bridgehead atoms. The quantitative estimate of drug-likeness (QED) is 0.723. The van der Waals surface area contributed by atoms with Crippen LogP contribution in [0.2, 0.25) is 0 Å². The second kappa shape index (κ2) is 4.45. The Hall–Kier alpha value is -1.35. The Morgan fingerprint density at radius 2 is 2.33 bits per heavy atom. The first-order valence-corrected chi connectivity index (χ1v) is 5.81. The zero-order valence-electron chi connectivity index (χ0n) is 8.62. The van der Waals surface area contributed by atoms with Crippen LogP contribution in [-0.4, -0.2) is 5.91 Å². The number of carbonyl (C=O) groups is 1. The monoisotopic (exact) mass is 219 g/mol. The molecule has 1 aliphatic heterocycles. The van der Waals surface area contributed by atoms with E-state index < -0.39 is 0 Å². The van der Waals surface area contributed by atoms with Gasteiger partial charge in [-0.15, -0.1) is 11.3 Å². The van der Waals surface area contributed by atoms with E-state index in [0.717, 1.165) is 12.0 Å². The minimum atomic E-state index is 0.0671. The molecule has 1 aromatic heterocycles. The number of amides is 1. The van der Waals surface area contributed by atoms with Gasteiger partial charge in [-0.25, -0.2) is 0 Å². The summed E-state index contributed by atoms with van der Waals surface area (Å²) in [6, 6.07) is 4.10. The van der Waals surface area contributed by atoms with Gasteiger partial charge in [-0.05, 0) is 30.4 Å². The third-order valence-electron chi connectivity index (χ3n) is 2.35. The highest BCUT2D eigenvalue weighted by Gasteiger charge is 2.07. The highest BCUT2D eigenvalue weighted by Crippen LogP contribution is 2.24. The van der Waals surface area contributed by atoms with Gasteiger partial charge in [0, 0.05) is 17.5 Å². The molecule has 1 aliphatic rings. The summed E-state index contributed by atoms with van der Waals surface area (Å²) in [5.74, 6) is 0.0671. The molecule has 2 nitrogen and oxygen atoms in total. The summed E-state index contributed by atoms with van der Waals surface area (Å²) in [5.41, 5.74) is 2.31. The number of allylic oxidation sites excluding steroid dienone is 2. The predicted octanol–water partition coefficient (Wildman–Crippen LogP) is 2.95. The maximum absolute atomic E-state index is 11.4. The van der Waals surface area contributed by atoms with Gasteiger partial charge in [0.2, 0.25) is 5.91 Å². The minimum absolute atomic E-state index is 0.0671. The van der Waals surface area contributed by atoms with Crippen molar-refractivity contribution >= 4 is 22.8 Å². The molecule has 15 heavy (non-hydrogen) atoms. The van der Waals surface area contributed by atoms with Gasteiger partial charge in [0.1, 0.15) is 0 Å². The number of carbonyl (C=O) groups excluding carboxylic acids is 1. The molecule has 2 heterocycles. The second-order valence-electron chi connectivity index (χ2n) is 3.65. The average Bonchev–Trinajstić information content (AvgIpc) is 2.68. The summed E-state index contributed by atoms with van der Waals surface area (Å²) >= 11 is 1.70. The zero-order chi connectivity index (χ0) is 10.7. The minimum Gasteiger partial charge on any atom is -0.332 e. The van der Waals surface area contributed by atoms with Crippen LogP contribution in [0.1, 0.15) is 24.6 Å². The van der Waals surface area contributed by atoms with Crippen molar-refractivity contribution in [1.29, 1.82) is 0 Å². The van der Waals surface area contributed by atoms with E-state index in [4.69, 9.17) is 0 Å². The molecule has 78 valence electrons. The standard InChI is InChI=1S/C12H13NOS/c1-9-4-5-10(8-13-12(14)7-9)11-3-2-6-15-11/h2-4,6,8H,5,7H2,1H3,(H,13,14)/b9-4-,10-8+. The Morgan fingerprint density at radius 3 is 3.07 bits per heavy atom. The van der Waals surface area contributed by atoms with Crippen molar-refractivity contribution in [3.8, 4) is 0 Å². The Kier molecular flexibility index (Phi) is 3.02. The maximum atomic E-state index is 11.4. The fourth-order valence-corrected chi connectivity index (χ4v) is 2.27. The van der Waals surface area contributed by atoms with Gasteiger partial charge in [0.25, 0.3) is 0 Å². The molecule has 0 aliphatic carbocycles. The molecule has 1 aromatic rings. The van der Waals surface area contributed by atoms with Gasteiger partial charge in [-0.3, -0.25) is 4.79 Å². The lowest BCUT2D eigenvalue weighted by molar-refractivity contribution is -0.119. The molecule has 0 fully saturated rings. The van der Waals surface area contributed by atoms with Crippen LogP contribution in [0.25, 0.3) is 5.57 Å². The van der Waals surface area contributed by atoms with E-state index in [2.05, 4.69) is 17.5 Å². The number of nitrogens with one attached hydrogen (secondary N) is 1. The molecule has 0 radical (unpaired) electrons. The molecular weight excluding hydrogens is 206 g/mol. The first-order valence-electron chi connectivity index (χ1n) is 4.93. The summed E-state index contributed by atoms with van der Waals surface area (Å²) in [6.07, 6.45) is 5.36. The Morgan fingerprint density at radius 1 is 1.47 bits per heavy atom. The van der Waals surface area contributed by atoms with Crippen LogP contribution in [0.4, 0.5) is 0 Å². The normalized spacial score (nSPS) is 24.2.